The first-order valence-electron chi connectivity index (χ1n) is 7.28. The van der Waals surface area contributed by atoms with E-state index in [9.17, 15) is 18.0 Å². The number of hydrogen-bond donors (Lipinski definition) is 0. The van der Waals surface area contributed by atoms with Gasteiger partial charge in [0.05, 0.1) is 23.7 Å². The van der Waals surface area contributed by atoms with Crippen molar-refractivity contribution in [3.05, 3.63) is 22.8 Å². The number of piperazine rings is 1. The number of nitrogens with zero attached hydrogens (tertiary/aromatic N) is 3. The minimum Gasteiger partial charge on any atom is -0.467 e. The molecule has 0 aliphatic carbocycles. The molecule has 1 aromatic heterocycles. The maximum Gasteiger partial charge on any atom is 0.417 e. The summed E-state index contributed by atoms with van der Waals surface area (Å²) in [4.78, 5) is 22.8. The largest absolute Gasteiger partial charge is 0.467 e. The number of pyridine rings is 1. The van der Waals surface area contributed by atoms with Gasteiger partial charge in [-0.15, -0.1) is 0 Å². The average molecular weight is 366 g/mol. The highest BCUT2D eigenvalue weighted by molar-refractivity contribution is 6.33. The Balaban J connectivity index is 1.73. The van der Waals surface area contributed by atoms with Gasteiger partial charge in [-0.3, -0.25) is 4.84 Å². The predicted octanol–water partition coefficient (Wildman–Crippen LogP) is 2.12. The second-order valence-corrected chi connectivity index (χ2v) is 6.03. The molecule has 132 valence electrons. The lowest BCUT2D eigenvalue weighted by molar-refractivity contribution is -0.188. The van der Waals surface area contributed by atoms with Crippen LogP contribution in [0.25, 0.3) is 0 Å². The summed E-state index contributed by atoms with van der Waals surface area (Å²) in [5.41, 5.74) is -0.884. The highest BCUT2D eigenvalue weighted by Gasteiger charge is 2.42. The molecule has 2 atom stereocenters. The number of anilines is 1. The van der Waals surface area contributed by atoms with Crippen LogP contribution in [0.3, 0.4) is 0 Å². The molecule has 0 bridgehead atoms. The molecule has 2 fully saturated rings. The summed E-state index contributed by atoms with van der Waals surface area (Å²) >= 11 is 5.99. The molecular formula is C14H15ClF3N3O3. The van der Waals surface area contributed by atoms with E-state index in [0.717, 1.165) is 12.3 Å². The van der Waals surface area contributed by atoms with Gasteiger partial charge in [0, 0.05) is 32.3 Å². The van der Waals surface area contributed by atoms with Crippen LogP contribution in [-0.4, -0.2) is 54.9 Å². The van der Waals surface area contributed by atoms with Crippen molar-refractivity contribution in [2.24, 2.45) is 0 Å². The number of halogens is 4. The van der Waals surface area contributed by atoms with Crippen molar-refractivity contribution in [3.63, 3.8) is 0 Å². The van der Waals surface area contributed by atoms with Gasteiger partial charge in [0.2, 0.25) is 0 Å². The van der Waals surface area contributed by atoms with Gasteiger partial charge in [-0.1, -0.05) is 11.6 Å². The molecule has 0 radical (unpaired) electrons. The van der Waals surface area contributed by atoms with Crippen LogP contribution >= 0.6 is 11.6 Å². The van der Waals surface area contributed by atoms with Gasteiger partial charge < -0.3 is 9.64 Å². The van der Waals surface area contributed by atoms with Crippen LogP contribution in [0.4, 0.5) is 19.0 Å². The highest BCUT2D eigenvalue weighted by Crippen LogP contribution is 2.35. The summed E-state index contributed by atoms with van der Waals surface area (Å²) in [6.07, 6.45) is -3.92. The quantitative estimate of drug-likeness (QED) is 0.748. The van der Waals surface area contributed by atoms with Gasteiger partial charge in [0.15, 0.2) is 6.10 Å². The number of hydrogen-bond acceptors (Lipinski definition) is 6. The lowest BCUT2D eigenvalue weighted by atomic mass is 10.1. The number of alkyl halides is 3. The zero-order valence-corrected chi connectivity index (χ0v) is 13.5. The van der Waals surface area contributed by atoms with E-state index in [1.54, 1.807) is 9.96 Å². The molecule has 0 aromatic carbocycles. The van der Waals surface area contributed by atoms with E-state index in [4.69, 9.17) is 16.4 Å². The smallest absolute Gasteiger partial charge is 0.417 e. The summed E-state index contributed by atoms with van der Waals surface area (Å²) in [7, 11) is 1.29. The fraction of sp³-hybridized carbons (Fsp3) is 0.571. The number of carbonyl (C=O) groups is 1. The summed E-state index contributed by atoms with van der Waals surface area (Å²) in [6, 6.07) is 0.793. The molecule has 3 heterocycles. The minimum atomic E-state index is -4.49. The number of carbonyl (C=O) groups excluding carboxylic acids is 1. The third kappa shape index (κ3) is 3.28. The molecule has 10 heteroatoms. The van der Waals surface area contributed by atoms with Gasteiger partial charge in [0.25, 0.3) is 0 Å². The van der Waals surface area contributed by atoms with Crippen molar-refractivity contribution < 1.29 is 27.5 Å². The zero-order valence-electron chi connectivity index (χ0n) is 12.7. The second kappa shape index (κ2) is 6.38. The monoisotopic (exact) mass is 365 g/mol. The van der Waals surface area contributed by atoms with Crippen molar-refractivity contribution >= 4 is 23.4 Å². The topological polar surface area (TPSA) is 54.9 Å². The van der Waals surface area contributed by atoms with E-state index in [0.29, 0.717) is 31.9 Å². The van der Waals surface area contributed by atoms with Gasteiger partial charge >= 0.3 is 12.1 Å². The number of fused-ring (bicyclic) bond motifs is 1. The second-order valence-electron chi connectivity index (χ2n) is 5.62. The Morgan fingerprint density at radius 3 is 2.83 bits per heavy atom. The first-order chi connectivity index (χ1) is 11.3. The Bertz CT molecular complexity index is 643. The van der Waals surface area contributed by atoms with Gasteiger partial charge in [0.1, 0.15) is 5.82 Å². The van der Waals surface area contributed by atoms with Crippen molar-refractivity contribution in [1.29, 1.82) is 0 Å². The molecule has 1 aromatic rings. The highest BCUT2D eigenvalue weighted by atomic mass is 35.5. The zero-order chi connectivity index (χ0) is 17.5. The predicted molar refractivity (Wildman–Crippen MR) is 78.5 cm³/mol. The van der Waals surface area contributed by atoms with Crippen LogP contribution in [0, 0.1) is 0 Å². The van der Waals surface area contributed by atoms with Crippen LogP contribution in [0.2, 0.25) is 5.02 Å². The maximum absolute atomic E-state index is 12.7. The summed E-state index contributed by atoms with van der Waals surface area (Å²) in [5.74, 6) is -0.146. The normalized spacial score (nSPS) is 24.8. The van der Waals surface area contributed by atoms with Crippen molar-refractivity contribution in [3.8, 4) is 0 Å². The Morgan fingerprint density at radius 1 is 1.46 bits per heavy atom. The number of aromatic nitrogens is 1. The molecule has 0 spiro atoms. The molecule has 2 saturated heterocycles. The van der Waals surface area contributed by atoms with Crippen LogP contribution in [0.15, 0.2) is 12.3 Å². The summed E-state index contributed by atoms with van der Waals surface area (Å²) in [6.45, 7) is 1.41. The molecule has 0 amide bonds. The van der Waals surface area contributed by atoms with Gasteiger partial charge in [-0.05, 0) is 6.07 Å². The van der Waals surface area contributed by atoms with E-state index in [1.807, 2.05) is 0 Å². The number of hydroxylamine groups is 2. The van der Waals surface area contributed by atoms with Crippen LogP contribution < -0.4 is 4.90 Å². The number of methoxy groups -OCH3 is 1. The van der Waals surface area contributed by atoms with Crippen LogP contribution in [0.5, 0.6) is 0 Å². The standard InChI is InChI=1S/C14H15ClF3N3O3/c1-23-13(22)11-5-9-7-20(2-3-21(9)24-11)12-10(15)4-8(6-19-12)14(16,17)18/h4,6,9,11H,2-3,5,7H2,1H3. The molecule has 24 heavy (non-hydrogen) atoms. The molecule has 2 unspecified atom stereocenters. The minimum absolute atomic E-state index is 0.0540. The third-order valence-electron chi connectivity index (χ3n) is 4.09. The molecule has 3 rings (SSSR count). The first-order valence-corrected chi connectivity index (χ1v) is 7.66. The van der Waals surface area contributed by atoms with E-state index >= 15 is 0 Å². The summed E-state index contributed by atoms with van der Waals surface area (Å²) in [5, 5.41) is 1.65. The number of esters is 1. The SMILES string of the molecule is COC(=O)C1CC2CN(c3ncc(C(F)(F)F)cc3Cl)CCN2O1. The molecular weight excluding hydrogens is 351 g/mol. The Hall–Kier alpha value is -1.58. The molecule has 2 aliphatic heterocycles. The third-order valence-corrected chi connectivity index (χ3v) is 4.37. The van der Waals surface area contributed by atoms with Crippen molar-refractivity contribution in [1.82, 2.24) is 10.0 Å². The maximum atomic E-state index is 12.7. The fourth-order valence-electron chi connectivity index (χ4n) is 2.90. The molecule has 6 nitrogen and oxygen atoms in total. The van der Waals surface area contributed by atoms with Crippen LogP contribution in [-0.2, 0) is 20.5 Å². The van der Waals surface area contributed by atoms with E-state index in [1.165, 1.54) is 7.11 Å². The van der Waals surface area contributed by atoms with Crippen LogP contribution in [0.1, 0.15) is 12.0 Å². The van der Waals surface area contributed by atoms with Crippen molar-refractivity contribution in [2.75, 3.05) is 31.6 Å². The van der Waals surface area contributed by atoms with E-state index < -0.39 is 23.8 Å². The van der Waals surface area contributed by atoms with Gasteiger partial charge in [-0.25, -0.2) is 9.78 Å². The lowest BCUT2D eigenvalue weighted by Gasteiger charge is -2.36. The molecule has 0 saturated carbocycles. The summed E-state index contributed by atoms with van der Waals surface area (Å²) < 4.78 is 42.7. The molecule has 0 N–H and O–H groups in total. The van der Waals surface area contributed by atoms with E-state index in [2.05, 4.69) is 9.72 Å². The number of rotatable bonds is 2. The van der Waals surface area contributed by atoms with E-state index in [-0.39, 0.29) is 11.1 Å². The molecule has 2 aliphatic rings. The Labute approximate surface area is 141 Å². The first kappa shape index (κ1) is 17.2. The number of ether oxygens (including phenoxy) is 1. The lowest BCUT2D eigenvalue weighted by Crippen LogP contribution is -2.50. The average Bonchev–Trinajstić information content (AvgIpc) is 2.96. The van der Waals surface area contributed by atoms with Gasteiger partial charge in [-0.2, -0.15) is 18.2 Å². The van der Waals surface area contributed by atoms with Crippen molar-refractivity contribution in [2.45, 2.75) is 24.7 Å². The Kier molecular flexibility index (Phi) is 4.58. The Morgan fingerprint density at radius 2 is 2.21 bits per heavy atom. The fourth-order valence-corrected chi connectivity index (χ4v) is 3.19.